The molecule has 0 saturated carbocycles. The van der Waals surface area contributed by atoms with E-state index in [4.69, 9.17) is 11.6 Å². The fourth-order valence-corrected chi connectivity index (χ4v) is 1.91. The third-order valence-electron chi connectivity index (χ3n) is 2.76. The first-order chi connectivity index (χ1) is 9.08. The van der Waals surface area contributed by atoms with Gasteiger partial charge in [0.25, 0.3) is 5.91 Å². The molecule has 5 heteroatoms. The van der Waals surface area contributed by atoms with E-state index in [1.807, 2.05) is 24.5 Å². The molecule has 2 N–H and O–H groups in total. The van der Waals surface area contributed by atoms with Crippen molar-refractivity contribution in [3.05, 3.63) is 52.8 Å². The first kappa shape index (κ1) is 13.5. The molecule has 1 heterocycles. The van der Waals surface area contributed by atoms with Crippen molar-refractivity contribution in [1.29, 1.82) is 0 Å². The van der Waals surface area contributed by atoms with Crippen LogP contribution < -0.4 is 5.32 Å². The van der Waals surface area contributed by atoms with Gasteiger partial charge in [-0.15, -0.1) is 0 Å². The molecule has 0 aliphatic heterocycles. The monoisotopic (exact) mass is 277 g/mol. The molecule has 0 spiro atoms. The Kier molecular flexibility index (Phi) is 4.12. The van der Waals surface area contributed by atoms with Gasteiger partial charge in [0.1, 0.15) is 0 Å². The van der Waals surface area contributed by atoms with Crippen molar-refractivity contribution in [3.8, 4) is 0 Å². The molecule has 0 fully saturated rings. The summed E-state index contributed by atoms with van der Waals surface area (Å²) in [5.74, 6) is -0.102. The third kappa shape index (κ3) is 3.29. The van der Waals surface area contributed by atoms with Crippen LogP contribution in [0.2, 0.25) is 5.02 Å². The Labute approximate surface area is 117 Å². The van der Waals surface area contributed by atoms with E-state index < -0.39 is 0 Å². The molecule has 0 bridgehead atoms. The van der Waals surface area contributed by atoms with Crippen LogP contribution in [-0.2, 0) is 6.54 Å². The standard InChI is InChI=1S/C14H16ClN3O/c1-18(2)14(19)12-7-11(3-4-13(12)15)17-9-10-5-6-16-8-10/h3-8,16-17H,9H2,1-2H3. The molecule has 4 nitrogen and oxygen atoms in total. The van der Waals surface area contributed by atoms with Gasteiger partial charge in [-0.1, -0.05) is 11.6 Å². The van der Waals surface area contributed by atoms with E-state index in [2.05, 4.69) is 10.3 Å². The number of aromatic amines is 1. The molecular weight excluding hydrogens is 262 g/mol. The molecule has 0 aliphatic rings. The van der Waals surface area contributed by atoms with Gasteiger partial charge in [0, 0.05) is 38.7 Å². The number of H-pyrrole nitrogens is 1. The quantitative estimate of drug-likeness (QED) is 0.903. The number of carbonyl (C=O) groups is 1. The lowest BCUT2D eigenvalue weighted by Gasteiger charge is -2.13. The number of nitrogens with one attached hydrogen (secondary N) is 2. The predicted molar refractivity (Wildman–Crippen MR) is 77.6 cm³/mol. The maximum atomic E-state index is 12.0. The van der Waals surface area contributed by atoms with Crippen molar-refractivity contribution in [2.45, 2.75) is 6.54 Å². The molecule has 0 radical (unpaired) electrons. The summed E-state index contributed by atoms with van der Waals surface area (Å²) < 4.78 is 0. The fourth-order valence-electron chi connectivity index (χ4n) is 1.71. The largest absolute Gasteiger partial charge is 0.381 e. The van der Waals surface area contributed by atoms with Gasteiger partial charge in [0.15, 0.2) is 0 Å². The Bertz CT molecular complexity index is 564. The average Bonchev–Trinajstić information content (AvgIpc) is 2.90. The molecule has 2 rings (SSSR count). The number of nitrogens with zero attached hydrogens (tertiary/aromatic N) is 1. The molecule has 1 aromatic heterocycles. The molecule has 0 saturated heterocycles. The Morgan fingerprint density at radius 1 is 1.37 bits per heavy atom. The molecular formula is C14H16ClN3O. The molecule has 1 amide bonds. The third-order valence-corrected chi connectivity index (χ3v) is 3.09. The number of anilines is 1. The van der Waals surface area contributed by atoms with Crippen LogP contribution in [0.3, 0.4) is 0 Å². The van der Waals surface area contributed by atoms with Gasteiger partial charge < -0.3 is 15.2 Å². The van der Waals surface area contributed by atoms with Crippen molar-refractivity contribution in [2.75, 3.05) is 19.4 Å². The normalized spacial score (nSPS) is 10.3. The minimum absolute atomic E-state index is 0.102. The van der Waals surface area contributed by atoms with Crippen LogP contribution >= 0.6 is 11.6 Å². The average molecular weight is 278 g/mol. The van der Waals surface area contributed by atoms with Gasteiger partial charge in [-0.25, -0.2) is 0 Å². The molecule has 100 valence electrons. The number of aromatic nitrogens is 1. The zero-order valence-electron chi connectivity index (χ0n) is 10.9. The molecule has 19 heavy (non-hydrogen) atoms. The summed E-state index contributed by atoms with van der Waals surface area (Å²) in [7, 11) is 3.41. The number of carbonyl (C=O) groups excluding carboxylic acids is 1. The highest BCUT2D eigenvalue weighted by molar-refractivity contribution is 6.34. The summed E-state index contributed by atoms with van der Waals surface area (Å²) in [6.07, 6.45) is 3.80. The highest BCUT2D eigenvalue weighted by Gasteiger charge is 2.12. The molecule has 1 aromatic carbocycles. The van der Waals surface area contributed by atoms with E-state index in [9.17, 15) is 4.79 Å². The van der Waals surface area contributed by atoms with Crippen molar-refractivity contribution in [1.82, 2.24) is 9.88 Å². The zero-order chi connectivity index (χ0) is 13.8. The summed E-state index contributed by atoms with van der Waals surface area (Å²) in [5, 5.41) is 3.72. The van der Waals surface area contributed by atoms with Crippen LogP contribution in [-0.4, -0.2) is 29.9 Å². The summed E-state index contributed by atoms with van der Waals surface area (Å²) in [6.45, 7) is 0.695. The lowest BCUT2D eigenvalue weighted by molar-refractivity contribution is 0.0828. The number of benzene rings is 1. The van der Waals surface area contributed by atoms with Gasteiger partial charge in [-0.3, -0.25) is 4.79 Å². The highest BCUT2D eigenvalue weighted by Crippen LogP contribution is 2.22. The lowest BCUT2D eigenvalue weighted by Crippen LogP contribution is -2.22. The van der Waals surface area contributed by atoms with E-state index in [1.165, 1.54) is 4.90 Å². The number of amides is 1. The molecule has 0 unspecified atom stereocenters. The second-order valence-corrected chi connectivity index (χ2v) is 4.87. The van der Waals surface area contributed by atoms with Crippen molar-refractivity contribution in [2.24, 2.45) is 0 Å². The van der Waals surface area contributed by atoms with Crippen LogP contribution in [0.15, 0.2) is 36.7 Å². The van der Waals surface area contributed by atoms with Gasteiger partial charge >= 0.3 is 0 Å². The van der Waals surface area contributed by atoms with Gasteiger partial charge in [0.2, 0.25) is 0 Å². The van der Waals surface area contributed by atoms with Crippen LogP contribution in [0.1, 0.15) is 15.9 Å². The lowest BCUT2D eigenvalue weighted by atomic mass is 10.1. The van der Waals surface area contributed by atoms with Crippen LogP contribution in [0.4, 0.5) is 5.69 Å². The zero-order valence-corrected chi connectivity index (χ0v) is 11.7. The maximum Gasteiger partial charge on any atom is 0.254 e. The second-order valence-electron chi connectivity index (χ2n) is 4.47. The molecule has 2 aromatic rings. The van der Waals surface area contributed by atoms with Crippen molar-refractivity contribution in [3.63, 3.8) is 0 Å². The summed E-state index contributed by atoms with van der Waals surface area (Å²) in [4.78, 5) is 16.5. The van der Waals surface area contributed by atoms with Gasteiger partial charge in [-0.2, -0.15) is 0 Å². The Morgan fingerprint density at radius 2 is 2.16 bits per heavy atom. The predicted octanol–water partition coefficient (Wildman–Crippen LogP) is 2.98. The van der Waals surface area contributed by atoms with Crippen molar-refractivity contribution < 1.29 is 4.79 Å². The Balaban J connectivity index is 2.14. The number of hydrogen-bond acceptors (Lipinski definition) is 2. The van der Waals surface area contributed by atoms with E-state index in [0.717, 1.165) is 11.3 Å². The summed E-state index contributed by atoms with van der Waals surface area (Å²) >= 11 is 6.05. The Morgan fingerprint density at radius 3 is 2.79 bits per heavy atom. The van der Waals surface area contributed by atoms with E-state index in [-0.39, 0.29) is 5.91 Å². The van der Waals surface area contributed by atoms with E-state index in [1.54, 1.807) is 26.2 Å². The fraction of sp³-hybridized carbons (Fsp3) is 0.214. The highest BCUT2D eigenvalue weighted by atomic mass is 35.5. The van der Waals surface area contributed by atoms with E-state index in [0.29, 0.717) is 17.1 Å². The summed E-state index contributed by atoms with van der Waals surface area (Å²) in [6, 6.07) is 7.37. The molecule has 0 atom stereocenters. The Hall–Kier alpha value is -1.94. The topological polar surface area (TPSA) is 48.1 Å². The minimum atomic E-state index is -0.102. The SMILES string of the molecule is CN(C)C(=O)c1cc(NCc2cc[nH]c2)ccc1Cl. The van der Waals surface area contributed by atoms with Gasteiger partial charge in [0.05, 0.1) is 10.6 Å². The minimum Gasteiger partial charge on any atom is -0.381 e. The van der Waals surface area contributed by atoms with Crippen molar-refractivity contribution >= 4 is 23.2 Å². The van der Waals surface area contributed by atoms with Gasteiger partial charge in [-0.05, 0) is 29.8 Å². The van der Waals surface area contributed by atoms with Crippen LogP contribution in [0.25, 0.3) is 0 Å². The second kappa shape index (κ2) is 5.80. The van der Waals surface area contributed by atoms with Crippen LogP contribution in [0.5, 0.6) is 0 Å². The molecule has 0 aliphatic carbocycles. The first-order valence-corrected chi connectivity index (χ1v) is 6.32. The number of halogens is 1. The van der Waals surface area contributed by atoms with Crippen LogP contribution in [0, 0.1) is 0 Å². The number of hydrogen-bond donors (Lipinski definition) is 2. The van der Waals surface area contributed by atoms with E-state index >= 15 is 0 Å². The summed E-state index contributed by atoms with van der Waals surface area (Å²) in [5.41, 5.74) is 2.52. The smallest absolute Gasteiger partial charge is 0.254 e. The first-order valence-electron chi connectivity index (χ1n) is 5.94. The maximum absolute atomic E-state index is 12.0. The number of rotatable bonds is 4.